The van der Waals surface area contributed by atoms with E-state index in [9.17, 15) is 9.18 Å². The summed E-state index contributed by atoms with van der Waals surface area (Å²) in [4.78, 5) is 20.5. The van der Waals surface area contributed by atoms with Crippen LogP contribution in [0.1, 0.15) is 36.0 Å². The molecule has 0 bridgehead atoms. The number of pyridine rings is 1. The van der Waals surface area contributed by atoms with Gasteiger partial charge in [0.15, 0.2) is 11.6 Å². The molecular weight excluding hydrogens is 373 g/mol. The molecule has 29 heavy (non-hydrogen) atoms. The first kappa shape index (κ1) is 19.1. The zero-order valence-corrected chi connectivity index (χ0v) is 16.2. The minimum Gasteiger partial charge on any atom is -0.365 e. The van der Waals surface area contributed by atoms with E-state index in [-0.39, 0.29) is 29.3 Å². The van der Waals surface area contributed by atoms with Crippen molar-refractivity contribution in [1.82, 2.24) is 14.5 Å². The number of carbonyl (C=O) groups excluding carboxylic acids is 1. The van der Waals surface area contributed by atoms with Crippen molar-refractivity contribution in [2.45, 2.75) is 37.8 Å². The predicted molar refractivity (Wildman–Crippen MR) is 111 cm³/mol. The molecule has 2 atom stereocenters. The summed E-state index contributed by atoms with van der Waals surface area (Å²) >= 11 is 0. The molecule has 1 amide bonds. The topological polar surface area (TPSA) is 124 Å². The minimum absolute atomic E-state index is 0.0258. The third-order valence-corrected chi connectivity index (χ3v) is 5.37. The van der Waals surface area contributed by atoms with E-state index >= 15 is 0 Å². The third kappa shape index (κ3) is 3.86. The number of aromatic nitrogens is 3. The molecule has 0 saturated heterocycles. The monoisotopic (exact) mass is 397 g/mol. The van der Waals surface area contributed by atoms with Crippen LogP contribution in [0.25, 0.3) is 11.0 Å². The molecule has 3 aromatic rings. The normalized spacial score (nSPS) is 19.3. The highest BCUT2D eigenvalue weighted by Crippen LogP contribution is 2.27. The minimum atomic E-state index is -0.765. The number of carbonyl (C=O) groups is 1. The second-order valence-electron chi connectivity index (χ2n) is 7.46. The fourth-order valence-electron chi connectivity index (χ4n) is 3.74. The molecule has 152 valence electrons. The zero-order valence-electron chi connectivity index (χ0n) is 16.2. The van der Waals surface area contributed by atoms with E-state index in [2.05, 4.69) is 20.6 Å². The lowest BCUT2D eigenvalue weighted by molar-refractivity contribution is 0.100. The molecule has 0 spiro atoms. The second-order valence-corrected chi connectivity index (χ2v) is 7.46. The molecule has 2 aromatic heterocycles. The first-order chi connectivity index (χ1) is 13.9. The maximum absolute atomic E-state index is 14.6. The summed E-state index contributed by atoms with van der Waals surface area (Å²) in [7, 11) is 1.91. The number of aryl methyl sites for hydroxylation is 1. The maximum atomic E-state index is 14.6. The smallest absolute Gasteiger partial charge is 0.252 e. The van der Waals surface area contributed by atoms with Gasteiger partial charge in [-0.15, -0.1) is 0 Å². The van der Waals surface area contributed by atoms with E-state index < -0.39 is 11.7 Å². The number of fused-ring (bicyclic) bond motifs is 1. The number of hydrogen-bond acceptors (Lipinski definition) is 6. The van der Waals surface area contributed by atoms with Crippen LogP contribution in [0.3, 0.4) is 0 Å². The molecular formula is C20H24FN7O. The lowest BCUT2D eigenvalue weighted by Gasteiger charge is -2.30. The summed E-state index contributed by atoms with van der Waals surface area (Å²) in [5, 5.41) is 6.18. The molecule has 2 heterocycles. The summed E-state index contributed by atoms with van der Waals surface area (Å²) in [6, 6.07) is 6.54. The number of nitrogens with one attached hydrogen (secondary N) is 2. The summed E-state index contributed by atoms with van der Waals surface area (Å²) < 4.78 is 16.5. The Hall–Kier alpha value is -3.20. The number of benzene rings is 1. The maximum Gasteiger partial charge on any atom is 0.252 e. The van der Waals surface area contributed by atoms with Crippen molar-refractivity contribution in [3.05, 3.63) is 42.0 Å². The highest BCUT2D eigenvalue weighted by molar-refractivity contribution is 5.98. The molecule has 1 aliphatic rings. The van der Waals surface area contributed by atoms with Crippen LogP contribution >= 0.6 is 0 Å². The number of imidazole rings is 1. The number of nitrogens with two attached hydrogens (primary N) is 2. The van der Waals surface area contributed by atoms with E-state index in [1.54, 1.807) is 6.33 Å². The largest absolute Gasteiger partial charge is 0.365 e. The van der Waals surface area contributed by atoms with E-state index in [0.717, 1.165) is 42.8 Å². The molecule has 0 radical (unpaired) electrons. The van der Waals surface area contributed by atoms with Gasteiger partial charge in [0.1, 0.15) is 5.82 Å². The Morgan fingerprint density at radius 1 is 1.24 bits per heavy atom. The summed E-state index contributed by atoms with van der Waals surface area (Å²) in [6.45, 7) is 0. The van der Waals surface area contributed by atoms with Gasteiger partial charge >= 0.3 is 0 Å². The van der Waals surface area contributed by atoms with Gasteiger partial charge < -0.3 is 26.7 Å². The first-order valence-electron chi connectivity index (χ1n) is 9.63. The molecule has 2 unspecified atom stereocenters. The summed E-state index contributed by atoms with van der Waals surface area (Å²) in [6.07, 6.45) is 5.54. The zero-order chi connectivity index (χ0) is 20.5. The molecule has 9 heteroatoms. The van der Waals surface area contributed by atoms with E-state index in [0.29, 0.717) is 5.69 Å². The number of nitrogens with zero attached hydrogens (tertiary/aromatic N) is 3. The Labute approximate surface area is 167 Å². The van der Waals surface area contributed by atoms with Crippen LogP contribution in [-0.2, 0) is 7.05 Å². The van der Waals surface area contributed by atoms with Crippen molar-refractivity contribution in [1.29, 1.82) is 0 Å². The van der Waals surface area contributed by atoms with Crippen molar-refractivity contribution < 1.29 is 9.18 Å². The third-order valence-electron chi connectivity index (χ3n) is 5.37. The molecule has 1 aromatic carbocycles. The fourth-order valence-corrected chi connectivity index (χ4v) is 3.74. The standard InChI is InChI=1S/C20H24FN7O/c1-28-10-24-16-8-11(6-7-17(16)28)25-19-12(18(23)29)9-13(21)20(27-19)26-15-5-3-2-4-14(15)22/h6-10,14-15H,2-5,22H2,1H3,(H2,23,29)(H2,25,26,27). The van der Waals surface area contributed by atoms with Gasteiger partial charge in [0.05, 0.1) is 22.9 Å². The van der Waals surface area contributed by atoms with Crippen LogP contribution in [0.2, 0.25) is 0 Å². The number of primary amides is 1. The van der Waals surface area contributed by atoms with Gasteiger partial charge in [0.25, 0.3) is 5.91 Å². The average molecular weight is 397 g/mol. The first-order valence-corrected chi connectivity index (χ1v) is 9.63. The molecule has 0 aliphatic heterocycles. The molecule has 1 fully saturated rings. The number of anilines is 3. The number of amides is 1. The average Bonchev–Trinajstić information content (AvgIpc) is 3.06. The van der Waals surface area contributed by atoms with E-state index in [4.69, 9.17) is 11.5 Å². The Morgan fingerprint density at radius 2 is 2.03 bits per heavy atom. The molecule has 1 saturated carbocycles. The Balaban J connectivity index is 1.67. The summed E-state index contributed by atoms with van der Waals surface area (Å²) in [5.74, 6) is -1.17. The van der Waals surface area contributed by atoms with Gasteiger partial charge in [-0.1, -0.05) is 12.8 Å². The second kappa shape index (κ2) is 7.67. The van der Waals surface area contributed by atoms with Crippen molar-refractivity contribution in [2.75, 3.05) is 10.6 Å². The quantitative estimate of drug-likeness (QED) is 0.525. The Kier molecular flexibility index (Phi) is 5.06. The molecule has 4 rings (SSSR count). The molecule has 8 nitrogen and oxygen atoms in total. The van der Waals surface area contributed by atoms with Crippen LogP contribution in [0, 0.1) is 5.82 Å². The van der Waals surface area contributed by atoms with Crippen LogP contribution in [0.4, 0.5) is 21.7 Å². The van der Waals surface area contributed by atoms with Crippen LogP contribution in [0.15, 0.2) is 30.6 Å². The highest BCUT2D eigenvalue weighted by atomic mass is 19.1. The van der Waals surface area contributed by atoms with Gasteiger partial charge in [-0.3, -0.25) is 4.79 Å². The lowest BCUT2D eigenvalue weighted by Crippen LogP contribution is -2.43. The molecule has 6 N–H and O–H groups in total. The van der Waals surface area contributed by atoms with Gasteiger partial charge in [-0.25, -0.2) is 14.4 Å². The number of halogens is 1. The SMILES string of the molecule is Cn1cnc2cc(Nc3nc(NC4CCCCC4N)c(F)cc3C(N)=O)ccc21. The van der Waals surface area contributed by atoms with E-state index in [1.165, 1.54) is 0 Å². The van der Waals surface area contributed by atoms with Gasteiger partial charge in [0.2, 0.25) is 0 Å². The summed E-state index contributed by atoms with van der Waals surface area (Å²) in [5.41, 5.74) is 14.0. The van der Waals surface area contributed by atoms with Crippen molar-refractivity contribution in [2.24, 2.45) is 18.5 Å². The van der Waals surface area contributed by atoms with Crippen molar-refractivity contribution in [3.8, 4) is 0 Å². The lowest BCUT2D eigenvalue weighted by atomic mass is 9.91. The number of rotatable bonds is 5. The van der Waals surface area contributed by atoms with Crippen LogP contribution in [0.5, 0.6) is 0 Å². The van der Waals surface area contributed by atoms with Crippen LogP contribution in [-0.4, -0.2) is 32.5 Å². The predicted octanol–water partition coefficient (Wildman–Crippen LogP) is 2.63. The van der Waals surface area contributed by atoms with Gasteiger partial charge in [-0.05, 0) is 37.1 Å². The van der Waals surface area contributed by atoms with Gasteiger partial charge in [0, 0.05) is 24.8 Å². The van der Waals surface area contributed by atoms with Gasteiger partial charge in [-0.2, -0.15) is 0 Å². The molecule has 1 aliphatic carbocycles. The highest BCUT2D eigenvalue weighted by Gasteiger charge is 2.24. The fraction of sp³-hybridized carbons (Fsp3) is 0.350. The number of hydrogen-bond donors (Lipinski definition) is 4. The van der Waals surface area contributed by atoms with Crippen LogP contribution < -0.4 is 22.1 Å². The van der Waals surface area contributed by atoms with Crippen molar-refractivity contribution in [3.63, 3.8) is 0 Å². The Morgan fingerprint density at radius 3 is 2.79 bits per heavy atom. The van der Waals surface area contributed by atoms with Crippen molar-refractivity contribution >= 4 is 34.3 Å². The Bertz CT molecular complexity index is 1060. The van der Waals surface area contributed by atoms with E-state index in [1.807, 2.05) is 29.8 Å².